The highest BCUT2D eigenvalue weighted by molar-refractivity contribution is 14.0. The molecule has 1 fully saturated rings. The largest absolute Gasteiger partial charge is 0.463 e. The van der Waals surface area contributed by atoms with Crippen molar-refractivity contribution in [1.82, 2.24) is 10.6 Å². The number of aliphatic hydroxyl groups is 1. The molecule has 150 valence electrons. The van der Waals surface area contributed by atoms with Crippen LogP contribution in [0.15, 0.2) is 21.5 Å². The first-order valence-electron chi connectivity index (χ1n) is 8.54. The molecular weight excluding hydrogens is 469 g/mol. The lowest BCUT2D eigenvalue weighted by molar-refractivity contribution is 0.0428. The van der Waals surface area contributed by atoms with Crippen molar-refractivity contribution in [3.05, 3.63) is 23.7 Å². The number of sulfone groups is 1. The van der Waals surface area contributed by atoms with Gasteiger partial charge in [-0.1, -0.05) is 0 Å². The van der Waals surface area contributed by atoms with Crippen molar-refractivity contribution in [2.45, 2.75) is 39.2 Å². The normalized spacial score (nSPS) is 18.6. The van der Waals surface area contributed by atoms with Gasteiger partial charge in [-0.05, 0) is 45.7 Å². The molecule has 9 heteroatoms. The summed E-state index contributed by atoms with van der Waals surface area (Å²) in [4.78, 5) is 4.43. The van der Waals surface area contributed by atoms with Crippen LogP contribution >= 0.6 is 24.0 Å². The average Bonchev–Trinajstić information content (AvgIpc) is 3.08. The van der Waals surface area contributed by atoms with Crippen molar-refractivity contribution in [1.29, 1.82) is 0 Å². The van der Waals surface area contributed by atoms with Crippen LogP contribution in [0.3, 0.4) is 0 Å². The smallest absolute Gasteiger partial charge is 0.191 e. The third kappa shape index (κ3) is 7.07. The molecule has 1 aliphatic carbocycles. The molecule has 1 atom stereocenters. The minimum atomic E-state index is -3.00. The lowest BCUT2D eigenvalue weighted by Crippen LogP contribution is -2.42. The highest BCUT2D eigenvalue weighted by atomic mass is 127. The quantitative estimate of drug-likeness (QED) is 0.286. The number of aryl methyl sites for hydroxylation is 1. The summed E-state index contributed by atoms with van der Waals surface area (Å²) in [6.45, 7) is 6.79. The standard InChI is InChI=1S/C17H29N3O4S.HI/c1-5-18-15(20-11-17(8-9-17)12-25(4,22)23)19-10-16(3,21)14-7-6-13(2)24-14;/h6-7,21H,5,8-12H2,1-4H3,(H2,18,19,20);1H. The summed E-state index contributed by atoms with van der Waals surface area (Å²) in [7, 11) is -3.00. The predicted molar refractivity (Wildman–Crippen MR) is 114 cm³/mol. The number of furan rings is 1. The molecule has 0 saturated heterocycles. The lowest BCUT2D eigenvalue weighted by Gasteiger charge is -2.21. The third-order valence-corrected chi connectivity index (χ3v) is 5.45. The Labute approximate surface area is 173 Å². The monoisotopic (exact) mass is 499 g/mol. The van der Waals surface area contributed by atoms with E-state index in [1.54, 1.807) is 19.1 Å². The van der Waals surface area contributed by atoms with Crippen LogP contribution < -0.4 is 10.6 Å². The zero-order valence-electron chi connectivity index (χ0n) is 15.8. The van der Waals surface area contributed by atoms with Crippen LogP contribution in [-0.2, 0) is 15.4 Å². The van der Waals surface area contributed by atoms with E-state index in [0.29, 0.717) is 24.8 Å². The minimum Gasteiger partial charge on any atom is -0.463 e. The fourth-order valence-corrected chi connectivity index (χ4v) is 4.26. The summed E-state index contributed by atoms with van der Waals surface area (Å²) in [5.41, 5.74) is -1.40. The van der Waals surface area contributed by atoms with Crippen LogP contribution in [-0.4, -0.2) is 51.1 Å². The van der Waals surface area contributed by atoms with Gasteiger partial charge in [0.15, 0.2) is 5.96 Å². The van der Waals surface area contributed by atoms with Gasteiger partial charge in [0.2, 0.25) is 0 Å². The maximum Gasteiger partial charge on any atom is 0.191 e. The summed E-state index contributed by atoms with van der Waals surface area (Å²) in [6, 6.07) is 3.55. The van der Waals surface area contributed by atoms with E-state index in [9.17, 15) is 13.5 Å². The van der Waals surface area contributed by atoms with E-state index >= 15 is 0 Å². The molecule has 1 saturated carbocycles. The second kappa shape index (κ2) is 8.92. The van der Waals surface area contributed by atoms with Gasteiger partial charge in [0.25, 0.3) is 0 Å². The highest BCUT2D eigenvalue weighted by Gasteiger charge is 2.45. The van der Waals surface area contributed by atoms with Gasteiger partial charge >= 0.3 is 0 Å². The molecule has 7 nitrogen and oxygen atoms in total. The van der Waals surface area contributed by atoms with E-state index in [-0.39, 0.29) is 41.7 Å². The Morgan fingerprint density at radius 3 is 2.50 bits per heavy atom. The van der Waals surface area contributed by atoms with Crippen molar-refractivity contribution in [2.75, 3.05) is 31.6 Å². The van der Waals surface area contributed by atoms with Gasteiger partial charge in [-0.2, -0.15) is 0 Å². The van der Waals surface area contributed by atoms with Gasteiger partial charge in [-0.25, -0.2) is 13.4 Å². The fraction of sp³-hybridized carbons (Fsp3) is 0.706. The van der Waals surface area contributed by atoms with E-state index < -0.39 is 15.4 Å². The number of guanidine groups is 1. The maximum absolute atomic E-state index is 11.6. The molecule has 2 rings (SSSR count). The van der Waals surface area contributed by atoms with Crippen molar-refractivity contribution >= 4 is 39.8 Å². The number of halogens is 1. The summed E-state index contributed by atoms with van der Waals surface area (Å²) in [6.07, 6.45) is 3.07. The number of rotatable bonds is 8. The molecule has 0 aromatic carbocycles. The van der Waals surface area contributed by atoms with Gasteiger partial charge in [0.1, 0.15) is 27.0 Å². The highest BCUT2D eigenvalue weighted by Crippen LogP contribution is 2.46. The van der Waals surface area contributed by atoms with E-state index in [4.69, 9.17) is 4.42 Å². The van der Waals surface area contributed by atoms with E-state index in [0.717, 1.165) is 18.6 Å². The van der Waals surface area contributed by atoms with Crippen LogP contribution in [0.5, 0.6) is 0 Å². The summed E-state index contributed by atoms with van der Waals surface area (Å²) < 4.78 is 28.6. The Morgan fingerprint density at radius 2 is 2.04 bits per heavy atom. The molecule has 26 heavy (non-hydrogen) atoms. The zero-order chi connectivity index (χ0) is 18.7. The Hall–Kier alpha value is -0.810. The third-order valence-electron chi connectivity index (χ3n) is 4.32. The lowest BCUT2D eigenvalue weighted by atomic mass is 10.0. The summed E-state index contributed by atoms with van der Waals surface area (Å²) in [5.74, 6) is 1.96. The van der Waals surface area contributed by atoms with E-state index in [1.165, 1.54) is 6.26 Å². The Balaban J connectivity index is 0.00000338. The van der Waals surface area contributed by atoms with Crippen LogP contribution in [0.4, 0.5) is 0 Å². The molecular formula is C17H30IN3O4S. The average molecular weight is 499 g/mol. The van der Waals surface area contributed by atoms with Gasteiger partial charge in [-0.15, -0.1) is 24.0 Å². The molecule has 0 amide bonds. The molecule has 0 radical (unpaired) electrons. The van der Waals surface area contributed by atoms with Crippen molar-refractivity contribution in [2.24, 2.45) is 10.4 Å². The van der Waals surface area contributed by atoms with Gasteiger partial charge in [-0.3, -0.25) is 0 Å². The zero-order valence-corrected chi connectivity index (χ0v) is 19.0. The second-order valence-corrected chi connectivity index (χ2v) is 9.44. The molecule has 1 unspecified atom stereocenters. The molecule has 0 aliphatic heterocycles. The molecule has 1 heterocycles. The number of hydrogen-bond donors (Lipinski definition) is 3. The molecule has 3 N–H and O–H groups in total. The van der Waals surface area contributed by atoms with Gasteiger partial charge < -0.3 is 20.2 Å². The number of aliphatic imine (C=N–C) groups is 1. The topological polar surface area (TPSA) is 104 Å². The Bertz CT molecular complexity index is 724. The van der Waals surface area contributed by atoms with E-state index in [1.807, 2.05) is 13.8 Å². The first kappa shape index (κ1) is 23.2. The first-order chi connectivity index (χ1) is 11.6. The van der Waals surface area contributed by atoms with Crippen LogP contribution in [0.1, 0.15) is 38.2 Å². The molecule has 0 spiro atoms. The van der Waals surface area contributed by atoms with Crippen LogP contribution in [0, 0.1) is 12.3 Å². The van der Waals surface area contributed by atoms with Crippen molar-refractivity contribution in [3.8, 4) is 0 Å². The molecule has 1 aromatic rings. The second-order valence-electron chi connectivity index (χ2n) is 7.30. The number of nitrogens with zero attached hydrogens (tertiary/aromatic N) is 1. The Kier molecular flexibility index (Phi) is 7.97. The van der Waals surface area contributed by atoms with Crippen molar-refractivity contribution in [3.63, 3.8) is 0 Å². The van der Waals surface area contributed by atoms with Crippen molar-refractivity contribution < 1.29 is 17.9 Å². The van der Waals surface area contributed by atoms with E-state index in [2.05, 4.69) is 15.6 Å². The minimum absolute atomic E-state index is 0. The maximum atomic E-state index is 11.6. The molecule has 1 aliphatic rings. The van der Waals surface area contributed by atoms with Crippen LogP contribution in [0.25, 0.3) is 0 Å². The van der Waals surface area contributed by atoms with Gasteiger partial charge in [0.05, 0.1) is 12.3 Å². The molecule has 0 bridgehead atoms. The van der Waals surface area contributed by atoms with Crippen LogP contribution in [0.2, 0.25) is 0 Å². The fourth-order valence-electron chi connectivity index (χ4n) is 2.75. The Morgan fingerprint density at radius 1 is 1.38 bits per heavy atom. The summed E-state index contributed by atoms with van der Waals surface area (Å²) in [5, 5.41) is 16.9. The summed E-state index contributed by atoms with van der Waals surface area (Å²) >= 11 is 0. The first-order valence-corrected chi connectivity index (χ1v) is 10.6. The SMILES string of the molecule is CCNC(=NCC(C)(O)c1ccc(C)o1)NCC1(CS(C)(=O)=O)CC1.I. The predicted octanol–water partition coefficient (Wildman–Crippen LogP) is 1.79. The molecule has 1 aromatic heterocycles. The van der Waals surface area contributed by atoms with Gasteiger partial charge in [0, 0.05) is 24.8 Å². The number of hydrogen-bond acceptors (Lipinski definition) is 5. The number of nitrogens with one attached hydrogen (secondary N) is 2.